The molecule has 0 aromatic heterocycles. The van der Waals surface area contributed by atoms with Gasteiger partial charge in [0.15, 0.2) is 0 Å². The molecule has 1 aliphatic rings. The van der Waals surface area contributed by atoms with Crippen LogP contribution >= 0.6 is 11.6 Å². The second-order valence-corrected chi connectivity index (χ2v) is 9.02. The largest absolute Gasteiger partial charge is 0.495 e. The molecule has 0 heterocycles. The smallest absolute Gasteiger partial charge is 0.307 e. The second kappa shape index (κ2) is 9.40. The second-order valence-electron chi connectivity index (χ2n) is 6.93. The van der Waals surface area contributed by atoms with E-state index in [2.05, 4.69) is 10.0 Å². The van der Waals surface area contributed by atoms with Crippen molar-refractivity contribution in [3.8, 4) is 5.75 Å². The molecule has 0 spiro atoms. The van der Waals surface area contributed by atoms with Crippen LogP contribution in [0.25, 0.3) is 0 Å². The first-order valence-electron chi connectivity index (χ1n) is 9.37. The van der Waals surface area contributed by atoms with Crippen LogP contribution in [-0.2, 0) is 19.6 Å². The Kier molecular flexibility index (Phi) is 6.87. The fourth-order valence-electron chi connectivity index (χ4n) is 3.30. The summed E-state index contributed by atoms with van der Waals surface area (Å²) in [7, 11) is -2.64. The first kappa shape index (κ1) is 22.6. The van der Waals surface area contributed by atoms with Crippen LogP contribution in [0.4, 0.5) is 11.4 Å². The summed E-state index contributed by atoms with van der Waals surface area (Å²) in [6, 6.07) is 10.4. The molecule has 31 heavy (non-hydrogen) atoms. The van der Waals surface area contributed by atoms with Gasteiger partial charge in [-0.1, -0.05) is 35.9 Å². The molecule has 2 aromatic rings. The standard InChI is InChI=1S/C21H21ClN2O6S/c1-30-19-11-10-13(31(28,29)24-17-9-5-4-8-16(17)22)12-18(19)23-20(25)14-6-2-3-7-15(14)21(26)27/h2-5,8-12,14-15,24H,6-7H2,1H3,(H,23,25)(H,26,27)/t14-,15+/m0/s1. The normalized spacial score (nSPS) is 18.3. The van der Waals surface area contributed by atoms with Crippen LogP contribution in [0.2, 0.25) is 5.02 Å². The highest BCUT2D eigenvalue weighted by atomic mass is 35.5. The Hall–Kier alpha value is -3.04. The number of ether oxygens (including phenoxy) is 1. The van der Waals surface area contributed by atoms with Gasteiger partial charge in [0.05, 0.1) is 40.2 Å². The van der Waals surface area contributed by atoms with E-state index in [1.54, 1.807) is 30.4 Å². The van der Waals surface area contributed by atoms with Crippen LogP contribution < -0.4 is 14.8 Å². The lowest BCUT2D eigenvalue weighted by Crippen LogP contribution is -2.34. The molecule has 3 rings (SSSR count). The van der Waals surface area contributed by atoms with E-state index in [-0.39, 0.29) is 39.9 Å². The summed E-state index contributed by atoms with van der Waals surface area (Å²) >= 11 is 6.03. The molecular weight excluding hydrogens is 444 g/mol. The van der Waals surface area contributed by atoms with E-state index in [1.807, 2.05) is 0 Å². The summed E-state index contributed by atoms with van der Waals surface area (Å²) in [5.41, 5.74) is 0.331. The van der Waals surface area contributed by atoms with Gasteiger partial charge in [0.1, 0.15) is 5.75 Å². The molecule has 3 N–H and O–H groups in total. The van der Waals surface area contributed by atoms with Gasteiger partial charge in [-0.05, 0) is 43.2 Å². The van der Waals surface area contributed by atoms with Crippen molar-refractivity contribution in [3.05, 3.63) is 59.6 Å². The van der Waals surface area contributed by atoms with Crippen molar-refractivity contribution in [2.24, 2.45) is 11.8 Å². The van der Waals surface area contributed by atoms with E-state index in [4.69, 9.17) is 16.3 Å². The van der Waals surface area contributed by atoms with E-state index in [9.17, 15) is 23.1 Å². The summed E-state index contributed by atoms with van der Waals surface area (Å²) in [6.07, 6.45) is 4.02. The van der Waals surface area contributed by atoms with Crippen molar-refractivity contribution < 1.29 is 27.9 Å². The number of hydrogen-bond donors (Lipinski definition) is 3. The third kappa shape index (κ3) is 5.18. The fourth-order valence-corrected chi connectivity index (χ4v) is 4.65. The minimum Gasteiger partial charge on any atom is -0.495 e. The maximum atomic E-state index is 12.8. The number of benzene rings is 2. The first-order valence-corrected chi connectivity index (χ1v) is 11.2. The lowest BCUT2D eigenvalue weighted by atomic mass is 9.82. The SMILES string of the molecule is COc1ccc(S(=O)(=O)Nc2ccccc2Cl)cc1NC(=O)[C@H]1CC=CC[C@H]1C(=O)O. The molecule has 0 saturated heterocycles. The highest BCUT2D eigenvalue weighted by molar-refractivity contribution is 7.92. The Balaban J connectivity index is 1.88. The maximum absolute atomic E-state index is 12.8. The number of allylic oxidation sites excluding steroid dienone is 2. The number of carbonyl (C=O) groups is 2. The molecule has 8 nitrogen and oxygen atoms in total. The number of anilines is 2. The average molecular weight is 465 g/mol. The van der Waals surface area contributed by atoms with Crippen LogP contribution in [-0.4, -0.2) is 32.5 Å². The molecule has 1 amide bonds. The van der Waals surface area contributed by atoms with Crippen LogP contribution in [0.3, 0.4) is 0 Å². The summed E-state index contributed by atoms with van der Waals surface area (Å²) < 4.78 is 33.3. The minimum atomic E-state index is -4.01. The molecule has 1 aliphatic carbocycles. The van der Waals surface area contributed by atoms with Gasteiger partial charge in [0.25, 0.3) is 10.0 Å². The van der Waals surface area contributed by atoms with Crippen molar-refractivity contribution >= 4 is 44.9 Å². The fraction of sp³-hybridized carbons (Fsp3) is 0.238. The molecule has 0 radical (unpaired) electrons. The number of methoxy groups -OCH3 is 1. The number of carboxylic acids is 1. The lowest BCUT2D eigenvalue weighted by Gasteiger charge is -2.24. The Morgan fingerprint density at radius 3 is 2.39 bits per heavy atom. The number of rotatable bonds is 7. The third-order valence-electron chi connectivity index (χ3n) is 4.94. The number of nitrogens with one attached hydrogen (secondary N) is 2. The number of halogens is 1. The number of amides is 1. The number of aliphatic carboxylic acids is 1. The van der Waals surface area contributed by atoms with Gasteiger partial charge in [-0.15, -0.1) is 0 Å². The van der Waals surface area contributed by atoms with Gasteiger partial charge >= 0.3 is 5.97 Å². The number of carboxylic acid groups (broad SMARTS) is 1. The van der Waals surface area contributed by atoms with Crippen LogP contribution in [0.5, 0.6) is 5.75 Å². The zero-order valence-corrected chi connectivity index (χ0v) is 18.1. The summed E-state index contributed by atoms with van der Waals surface area (Å²) in [4.78, 5) is 24.2. The molecule has 0 unspecified atom stereocenters. The zero-order chi connectivity index (χ0) is 22.6. The van der Waals surface area contributed by atoms with Gasteiger partial charge in [-0.25, -0.2) is 8.42 Å². The van der Waals surface area contributed by atoms with Crippen molar-refractivity contribution in [1.82, 2.24) is 0 Å². The van der Waals surface area contributed by atoms with E-state index >= 15 is 0 Å². The van der Waals surface area contributed by atoms with E-state index < -0.39 is 33.7 Å². The third-order valence-corrected chi connectivity index (χ3v) is 6.64. The summed E-state index contributed by atoms with van der Waals surface area (Å²) in [5.74, 6) is -2.98. The quantitative estimate of drug-likeness (QED) is 0.536. The molecule has 164 valence electrons. The molecular formula is C21H21ClN2O6S. The number of para-hydroxylation sites is 1. The van der Waals surface area contributed by atoms with Crippen molar-refractivity contribution in [1.29, 1.82) is 0 Å². The molecule has 2 aromatic carbocycles. The van der Waals surface area contributed by atoms with E-state index in [1.165, 1.54) is 31.4 Å². The van der Waals surface area contributed by atoms with Crippen LogP contribution in [0.15, 0.2) is 59.5 Å². The minimum absolute atomic E-state index is 0.119. The molecule has 0 bridgehead atoms. The van der Waals surface area contributed by atoms with Crippen LogP contribution in [0, 0.1) is 11.8 Å². The topological polar surface area (TPSA) is 122 Å². The van der Waals surface area contributed by atoms with Gasteiger partial charge in [0.2, 0.25) is 5.91 Å². The average Bonchev–Trinajstić information content (AvgIpc) is 2.75. The van der Waals surface area contributed by atoms with Gasteiger partial charge < -0.3 is 15.2 Å². The number of sulfonamides is 1. The summed E-state index contributed by atoms with van der Waals surface area (Å²) in [6.45, 7) is 0. The highest BCUT2D eigenvalue weighted by Crippen LogP contribution is 2.32. The lowest BCUT2D eigenvalue weighted by molar-refractivity contribution is -0.146. The predicted molar refractivity (Wildman–Crippen MR) is 117 cm³/mol. The number of hydrogen-bond acceptors (Lipinski definition) is 5. The Morgan fingerprint density at radius 1 is 1.06 bits per heavy atom. The van der Waals surface area contributed by atoms with Gasteiger partial charge in [0, 0.05) is 0 Å². The Morgan fingerprint density at radius 2 is 1.74 bits per heavy atom. The molecule has 0 fully saturated rings. The Bertz CT molecular complexity index is 1130. The van der Waals surface area contributed by atoms with E-state index in [0.29, 0.717) is 0 Å². The zero-order valence-electron chi connectivity index (χ0n) is 16.5. The van der Waals surface area contributed by atoms with Crippen LogP contribution in [0.1, 0.15) is 12.8 Å². The molecule has 0 saturated carbocycles. The molecule has 10 heteroatoms. The van der Waals surface area contributed by atoms with Gasteiger partial charge in [-0.3, -0.25) is 14.3 Å². The monoisotopic (exact) mass is 464 g/mol. The summed E-state index contributed by atoms with van der Waals surface area (Å²) in [5, 5.41) is 12.3. The molecule has 0 aliphatic heterocycles. The van der Waals surface area contributed by atoms with Crippen molar-refractivity contribution in [3.63, 3.8) is 0 Å². The first-order chi connectivity index (χ1) is 14.7. The van der Waals surface area contributed by atoms with Crippen molar-refractivity contribution in [2.45, 2.75) is 17.7 Å². The number of carbonyl (C=O) groups excluding carboxylic acids is 1. The highest BCUT2D eigenvalue weighted by Gasteiger charge is 2.34. The van der Waals surface area contributed by atoms with Gasteiger partial charge in [-0.2, -0.15) is 0 Å². The maximum Gasteiger partial charge on any atom is 0.307 e. The van der Waals surface area contributed by atoms with Crippen molar-refractivity contribution in [2.75, 3.05) is 17.1 Å². The Labute approximate surface area is 184 Å². The molecule has 2 atom stereocenters. The predicted octanol–water partition coefficient (Wildman–Crippen LogP) is 3.75. The van der Waals surface area contributed by atoms with E-state index in [0.717, 1.165) is 0 Å².